The number of carbonyl (C=O) groups is 1. The van der Waals surface area contributed by atoms with Gasteiger partial charge in [0, 0.05) is 37.7 Å². The number of Topliss-reactive ketones (excluding diaryl/α,β-unsaturated/α-hetero) is 1. The number of methoxy groups -OCH3 is 1. The second-order valence-corrected chi connectivity index (χ2v) is 15.0. The average molecular weight is 614 g/mol. The molecular weight excluding hydrogens is 550 g/mol. The van der Waals surface area contributed by atoms with E-state index in [0.29, 0.717) is 31.4 Å². The molecule has 3 aliphatic rings. The summed E-state index contributed by atoms with van der Waals surface area (Å²) in [6.07, 6.45) is -0.497. The number of rotatable bonds is 7. The van der Waals surface area contributed by atoms with E-state index in [0.717, 1.165) is 25.9 Å². The molecule has 10 atom stereocenters. The van der Waals surface area contributed by atoms with E-state index in [1.54, 1.807) is 21.0 Å². The molecule has 2 N–H and O–H groups in total. The number of hydrogen-bond donors (Lipinski definition) is 2. The summed E-state index contributed by atoms with van der Waals surface area (Å²) in [4.78, 5) is 21.0. The van der Waals surface area contributed by atoms with Crippen molar-refractivity contribution in [3.63, 3.8) is 0 Å². The normalized spacial score (nSPS) is 44.0. The van der Waals surface area contributed by atoms with Crippen LogP contribution in [0.1, 0.15) is 74.1 Å². The maximum atomic E-state index is 14.2. The Morgan fingerprint density at radius 1 is 1.07 bits per heavy atom. The molecule has 0 spiro atoms. The van der Waals surface area contributed by atoms with Gasteiger partial charge in [0.15, 0.2) is 12.6 Å². The van der Waals surface area contributed by atoms with E-state index in [1.165, 1.54) is 0 Å². The first-order valence-corrected chi connectivity index (χ1v) is 16.4. The summed E-state index contributed by atoms with van der Waals surface area (Å²) in [5.41, 5.74) is -2.07. The Bertz CT molecular complexity index is 900. The topological polar surface area (TPSA) is 104 Å². The maximum absolute atomic E-state index is 14.2. The van der Waals surface area contributed by atoms with E-state index >= 15 is 0 Å². The SMILES string of the molecule is CCN(C)C1CC([C@@H]2COC(O)C(C)(C)C(=O)[C@H](C)[C@@H](O[C@@H]3O[C@H](C)C[C@H](N(C)C)[C@H]3O)[C@](C)(OC)C[C@@H](C)CN2C)C1. The van der Waals surface area contributed by atoms with E-state index in [1.807, 2.05) is 39.8 Å². The van der Waals surface area contributed by atoms with E-state index in [4.69, 9.17) is 18.9 Å². The summed E-state index contributed by atoms with van der Waals surface area (Å²) in [6, 6.07) is 0.539. The van der Waals surface area contributed by atoms with Gasteiger partial charge in [-0.3, -0.25) is 4.79 Å². The number of ether oxygens (including phenoxy) is 4. The predicted molar refractivity (Wildman–Crippen MR) is 168 cm³/mol. The molecule has 10 nitrogen and oxygen atoms in total. The van der Waals surface area contributed by atoms with Crippen molar-refractivity contribution in [2.24, 2.45) is 23.2 Å². The molecule has 10 heteroatoms. The molecule has 2 aliphatic heterocycles. The first kappa shape index (κ1) is 36.8. The average Bonchev–Trinajstić information content (AvgIpc) is 2.91. The van der Waals surface area contributed by atoms with Crippen molar-refractivity contribution in [2.45, 2.75) is 129 Å². The highest BCUT2D eigenvalue weighted by atomic mass is 16.7. The van der Waals surface area contributed by atoms with Gasteiger partial charge in [0.2, 0.25) is 0 Å². The standard InChI is InChI=1S/C33H63N3O7/c1-13-35(10)24-15-23(16-24)26-19-41-31(39)32(5,6)28(38)22(4)29(33(7,40-12)17-20(2)18-36(26)11)43-30-27(37)25(34(8)9)14-21(3)42-30/h20-27,29-31,37,39H,13-19H2,1-12H3/t20-,21-,22+,23?,24?,25+,26+,27-,29-,30+,31?,33-/m1/s1. The zero-order chi connectivity index (χ0) is 32.4. The van der Waals surface area contributed by atoms with Crippen LogP contribution in [0, 0.1) is 23.2 Å². The largest absolute Gasteiger partial charge is 0.386 e. The summed E-state index contributed by atoms with van der Waals surface area (Å²) < 4.78 is 25.2. The van der Waals surface area contributed by atoms with Gasteiger partial charge in [-0.25, -0.2) is 0 Å². The third kappa shape index (κ3) is 8.19. The molecule has 0 aromatic rings. The Hall–Kier alpha value is -0.690. The first-order chi connectivity index (χ1) is 20.0. The molecule has 43 heavy (non-hydrogen) atoms. The van der Waals surface area contributed by atoms with Gasteiger partial charge in [-0.2, -0.15) is 0 Å². The monoisotopic (exact) mass is 613 g/mol. The Labute approximate surface area is 261 Å². The van der Waals surface area contributed by atoms with Gasteiger partial charge in [-0.05, 0) is 99.9 Å². The molecule has 1 aliphatic carbocycles. The minimum atomic E-state index is -1.28. The summed E-state index contributed by atoms with van der Waals surface area (Å²) >= 11 is 0. The van der Waals surface area contributed by atoms with Crippen molar-refractivity contribution in [1.29, 1.82) is 0 Å². The Kier molecular flexibility index (Phi) is 12.7. The Morgan fingerprint density at radius 2 is 1.70 bits per heavy atom. The highest BCUT2D eigenvalue weighted by Gasteiger charge is 2.51. The highest BCUT2D eigenvalue weighted by Crippen LogP contribution is 2.41. The third-order valence-corrected chi connectivity index (χ3v) is 10.9. The zero-order valence-corrected chi connectivity index (χ0v) is 29.1. The number of aliphatic hydroxyl groups excluding tert-OH is 2. The number of ketones is 1. The quantitative estimate of drug-likeness (QED) is 0.446. The molecule has 0 bridgehead atoms. The van der Waals surface area contributed by atoms with Crippen LogP contribution in [0.5, 0.6) is 0 Å². The summed E-state index contributed by atoms with van der Waals surface area (Å²) in [5.74, 6) is -0.208. The number of carbonyl (C=O) groups excluding carboxylic acids is 1. The number of likely N-dealkylation sites (N-methyl/N-ethyl adjacent to an activating group) is 2. The molecule has 252 valence electrons. The predicted octanol–water partition coefficient (Wildman–Crippen LogP) is 2.84. The fourth-order valence-corrected chi connectivity index (χ4v) is 7.72. The summed E-state index contributed by atoms with van der Waals surface area (Å²) in [5, 5.41) is 22.7. The van der Waals surface area contributed by atoms with Crippen LogP contribution in [-0.2, 0) is 23.7 Å². The number of hydrogen-bond acceptors (Lipinski definition) is 10. The third-order valence-electron chi connectivity index (χ3n) is 10.9. The van der Waals surface area contributed by atoms with E-state index in [-0.39, 0.29) is 29.9 Å². The van der Waals surface area contributed by atoms with Crippen molar-refractivity contribution in [3.8, 4) is 0 Å². The second kappa shape index (κ2) is 14.8. The lowest BCUT2D eigenvalue weighted by molar-refractivity contribution is -0.296. The van der Waals surface area contributed by atoms with Crippen LogP contribution in [0.25, 0.3) is 0 Å². The molecule has 1 saturated carbocycles. The molecule has 0 aromatic heterocycles. The lowest BCUT2D eigenvalue weighted by atomic mass is 9.73. The maximum Gasteiger partial charge on any atom is 0.185 e. The molecule has 0 aromatic carbocycles. The van der Waals surface area contributed by atoms with Gasteiger partial charge in [0.25, 0.3) is 0 Å². The Morgan fingerprint density at radius 3 is 2.26 bits per heavy atom. The zero-order valence-electron chi connectivity index (χ0n) is 29.1. The summed E-state index contributed by atoms with van der Waals surface area (Å²) in [6.45, 7) is 15.9. The van der Waals surface area contributed by atoms with Crippen molar-refractivity contribution in [3.05, 3.63) is 0 Å². The van der Waals surface area contributed by atoms with E-state index in [9.17, 15) is 15.0 Å². The lowest BCUT2D eigenvalue weighted by Crippen LogP contribution is -2.59. The lowest BCUT2D eigenvalue weighted by Gasteiger charge is -2.48. The van der Waals surface area contributed by atoms with Gasteiger partial charge < -0.3 is 43.9 Å². The molecule has 3 fully saturated rings. The second-order valence-electron chi connectivity index (χ2n) is 15.0. The molecule has 0 amide bonds. The fourth-order valence-electron chi connectivity index (χ4n) is 7.72. The highest BCUT2D eigenvalue weighted by molar-refractivity contribution is 5.87. The number of aliphatic hydroxyl groups is 2. The van der Waals surface area contributed by atoms with Crippen LogP contribution in [0.4, 0.5) is 0 Å². The van der Waals surface area contributed by atoms with Gasteiger partial charge in [0.05, 0.1) is 29.8 Å². The van der Waals surface area contributed by atoms with Crippen LogP contribution < -0.4 is 0 Å². The minimum absolute atomic E-state index is 0.124. The van der Waals surface area contributed by atoms with Gasteiger partial charge in [0.1, 0.15) is 11.9 Å². The molecule has 2 saturated heterocycles. The van der Waals surface area contributed by atoms with Crippen molar-refractivity contribution in [1.82, 2.24) is 14.7 Å². The van der Waals surface area contributed by atoms with Crippen molar-refractivity contribution >= 4 is 5.78 Å². The van der Waals surface area contributed by atoms with Crippen LogP contribution in [-0.4, -0.2) is 140 Å². The van der Waals surface area contributed by atoms with Crippen LogP contribution in [0.2, 0.25) is 0 Å². The minimum Gasteiger partial charge on any atom is -0.386 e. The van der Waals surface area contributed by atoms with E-state index in [2.05, 4.69) is 37.7 Å². The fraction of sp³-hybridized carbons (Fsp3) is 0.970. The molecular formula is C33H63N3O7. The van der Waals surface area contributed by atoms with Crippen LogP contribution >= 0.6 is 0 Å². The molecule has 3 rings (SSSR count). The van der Waals surface area contributed by atoms with E-state index < -0.39 is 41.7 Å². The molecule has 0 radical (unpaired) electrons. The van der Waals surface area contributed by atoms with Crippen LogP contribution in [0.3, 0.4) is 0 Å². The summed E-state index contributed by atoms with van der Waals surface area (Å²) in [7, 11) is 9.86. The molecule has 1 unspecified atom stereocenters. The van der Waals surface area contributed by atoms with Crippen molar-refractivity contribution in [2.75, 3.05) is 55.0 Å². The van der Waals surface area contributed by atoms with Crippen molar-refractivity contribution < 1.29 is 34.0 Å². The molecule has 2 heterocycles. The smallest absolute Gasteiger partial charge is 0.185 e. The van der Waals surface area contributed by atoms with Gasteiger partial charge >= 0.3 is 0 Å². The van der Waals surface area contributed by atoms with Gasteiger partial charge in [-0.1, -0.05) is 20.8 Å². The first-order valence-electron chi connectivity index (χ1n) is 16.4. The van der Waals surface area contributed by atoms with Crippen LogP contribution in [0.15, 0.2) is 0 Å². The Balaban J connectivity index is 1.94. The number of nitrogens with zero attached hydrogens (tertiary/aromatic N) is 3. The van der Waals surface area contributed by atoms with Gasteiger partial charge in [-0.15, -0.1) is 0 Å².